The van der Waals surface area contributed by atoms with Crippen molar-refractivity contribution in [1.82, 2.24) is 5.32 Å². The van der Waals surface area contributed by atoms with Gasteiger partial charge in [0.15, 0.2) is 5.78 Å². The SMILES string of the molecule is CC(=O)CCC(NC(=O)OC(C)(C)C)C(C)=O.CCC. The number of Topliss-reactive ketones (excluding diaryl/α,β-unsaturated/α-hetero) is 2. The molecule has 0 aliphatic rings. The fraction of sp³-hybridized carbons (Fsp3) is 0.800. The van der Waals surface area contributed by atoms with Crippen molar-refractivity contribution in [2.24, 2.45) is 0 Å². The standard InChI is InChI=1S/C12H21NO4.C3H8/c1-8(14)6-7-10(9(2)15)13-11(16)17-12(3,4)5;1-3-2/h10H,6-7H2,1-5H3,(H,13,16);3H2,1-2H3. The highest BCUT2D eigenvalue weighted by Gasteiger charge is 2.22. The Morgan fingerprint density at radius 3 is 1.85 bits per heavy atom. The van der Waals surface area contributed by atoms with Gasteiger partial charge in [0, 0.05) is 6.42 Å². The Morgan fingerprint density at radius 1 is 1.10 bits per heavy atom. The molecule has 0 saturated heterocycles. The third-order valence-corrected chi connectivity index (χ3v) is 1.97. The number of hydrogen-bond acceptors (Lipinski definition) is 4. The van der Waals surface area contributed by atoms with Gasteiger partial charge in [-0.15, -0.1) is 0 Å². The van der Waals surface area contributed by atoms with Crippen LogP contribution in [0.25, 0.3) is 0 Å². The van der Waals surface area contributed by atoms with Gasteiger partial charge in [-0.05, 0) is 41.0 Å². The van der Waals surface area contributed by atoms with Crippen molar-refractivity contribution in [3.05, 3.63) is 0 Å². The van der Waals surface area contributed by atoms with E-state index in [4.69, 9.17) is 4.74 Å². The summed E-state index contributed by atoms with van der Waals surface area (Å²) in [5.74, 6) is -0.195. The normalized spacial score (nSPS) is 11.8. The van der Waals surface area contributed by atoms with E-state index in [2.05, 4.69) is 19.2 Å². The van der Waals surface area contributed by atoms with Crippen molar-refractivity contribution in [3.8, 4) is 0 Å². The maximum atomic E-state index is 11.4. The van der Waals surface area contributed by atoms with Crippen LogP contribution in [-0.2, 0) is 14.3 Å². The first-order valence-corrected chi connectivity index (χ1v) is 7.02. The van der Waals surface area contributed by atoms with Crippen molar-refractivity contribution in [2.75, 3.05) is 0 Å². The Labute approximate surface area is 122 Å². The number of amides is 1. The van der Waals surface area contributed by atoms with Crippen LogP contribution in [0.1, 0.15) is 67.7 Å². The molecule has 0 saturated carbocycles. The van der Waals surface area contributed by atoms with Gasteiger partial charge in [-0.3, -0.25) is 4.79 Å². The van der Waals surface area contributed by atoms with E-state index in [1.807, 2.05) is 0 Å². The average Bonchev–Trinajstić information content (AvgIpc) is 2.21. The zero-order valence-corrected chi connectivity index (χ0v) is 13.8. The summed E-state index contributed by atoms with van der Waals surface area (Å²) in [6, 6.07) is -0.659. The Morgan fingerprint density at radius 2 is 1.55 bits per heavy atom. The number of nitrogens with one attached hydrogen (secondary N) is 1. The smallest absolute Gasteiger partial charge is 0.408 e. The number of rotatable bonds is 5. The molecule has 0 radical (unpaired) electrons. The second kappa shape index (κ2) is 10.4. The topological polar surface area (TPSA) is 72.5 Å². The van der Waals surface area contributed by atoms with Crippen LogP contribution in [-0.4, -0.2) is 29.3 Å². The van der Waals surface area contributed by atoms with E-state index in [0.717, 1.165) is 0 Å². The molecule has 0 aromatic carbocycles. The van der Waals surface area contributed by atoms with Crippen LogP contribution in [0.15, 0.2) is 0 Å². The molecule has 0 aliphatic heterocycles. The molecule has 5 heteroatoms. The van der Waals surface area contributed by atoms with Crippen molar-refractivity contribution in [3.63, 3.8) is 0 Å². The molecular formula is C15H29NO4. The van der Waals surface area contributed by atoms with Gasteiger partial charge in [0.2, 0.25) is 0 Å². The number of hydrogen-bond donors (Lipinski definition) is 1. The molecule has 1 atom stereocenters. The number of ether oxygens (including phenoxy) is 1. The summed E-state index contributed by atoms with van der Waals surface area (Å²) >= 11 is 0. The zero-order valence-electron chi connectivity index (χ0n) is 13.8. The molecule has 118 valence electrons. The first kappa shape index (κ1) is 20.9. The zero-order chi connectivity index (χ0) is 16.3. The molecule has 0 fully saturated rings. The van der Waals surface area contributed by atoms with Crippen LogP contribution >= 0.6 is 0 Å². The maximum Gasteiger partial charge on any atom is 0.408 e. The van der Waals surface area contributed by atoms with E-state index in [1.54, 1.807) is 20.8 Å². The lowest BCUT2D eigenvalue weighted by Gasteiger charge is -2.22. The fourth-order valence-electron chi connectivity index (χ4n) is 1.17. The lowest BCUT2D eigenvalue weighted by molar-refractivity contribution is -0.120. The third kappa shape index (κ3) is 14.7. The molecule has 1 N–H and O–H groups in total. The Kier molecular flexibility index (Phi) is 10.9. The number of ketones is 2. The minimum absolute atomic E-state index is 0.0118. The van der Waals surface area contributed by atoms with Gasteiger partial charge in [-0.25, -0.2) is 4.79 Å². The quantitative estimate of drug-likeness (QED) is 0.842. The molecule has 1 unspecified atom stereocenters. The largest absolute Gasteiger partial charge is 0.444 e. The van der Waals surface area contributed by atoms with Gasteiger partial charge >= 0.3 is 6.09 Å². The molecule has 0 bridgehead atoms. The minimum atomic E-state index is -0.659. The fourth-order valence-corrected chi connectivity index (χ4v) is 1.17. The van der Waals surface area contributed by atoms with Crippen molar-refractivity contribution >= 4 is 17.7 Å². The van der Waals surface area contributed by atoms with Crippen LogP contribution in [0.2, 0.25) is 0 Å². The van der Waals surface area contributed by atoms with E-state index < -0.39 is 17.7 Å². The maximum absolute atomic E-state index is 11.4. The lowest BCUT2D eigenvalue weighted by Crippen LogP contribution is -2.42. The summed E-state index contributed by atoms with van der Waals surface area (Å²) in [4.78, 5) is 33.6. The molecule has 0 aliphatic carbocycles. The summed E-state index contributed by atoms with van der Waals surface area (Å²) in [5.41, 5.74) is -0.605. The number of carbonyl (C=O) groups is 3. The predicted octanol–water partition coefficient (Wildman–Crippen LogP) is 3.25. The molecule has 0 heterocycles. The van der Waals surface area contributed by atoms with E-state index in [-0.39, 0.29) is 18.0 Å². The molecule has 0 aromatic rings. The summed E-state index contributed by atoms with van der Waals surface area (Å²) in [5, 5.41) is 2.47. The molecule has 0 aromatic heterocycles. The Hall–Kier alpha value is -1.39. The average molecular weight is 287 g/mol. The summed E-state index contributed by atoms with van der Waals surface area (Å²) in [7, 11) is 0. The first-order chi connectivity index (χ1) is 9.03. The molecule has 0 rings (SSSR count). The van der Waals surface area contributed by atoms with Crippen LogP contribution in [0, 0.1) is 0 Å². The summed E-state index contributed by atoms with van der Waals surface area (Å²) in [6.07, 6.45) is 1.19. The second-order valence-corrected chi connectivity index (χ2v) is 5.76. The van der Waals surface area contributed by atoms with Gasteiger partial charge in [-0.2, -0.15) is 0 Å². The van der Waals surface area contributed by atoms with Crippen LogP contribution < -0.4 is 5.32 Å². The Bertz CT molecular complexity index is 318. The molecule has 1 amide bonds. The van der Waals surface area contributed by atoms with E-state index >= 15 is 0 Å². The molecular weight excluding hydrogens is 258 g/mol. The predicted molar refractivity (Wildman–Crippen MR) is 79.7 cm³/mol. The highest BCUT2D eigenvalue weighted by molar-refractivity contribution is 5.86. The van der Waals surface area contributed by atoms with Gasteiger partial charge in [0.25, 0.3) is 0 Å². The monoisotopic (exact) mass is 287 g/mol. The van der Waals surface area contributed by atoms with Crippen molar-refractivity contribution < 1.29 is 19.1 Å². The summed E-state index contributed by atoms with van der Waals surface area (Å²) in [6.45, 7) is 12.3. The highest BCUT2D eigenvalue weighted by atomic mass is 16.6. The van der Waals surface area contributed by atoms with E-state index in [1.165, 1.54) is 20.3 Å². The molecule has 20 heavy (non-hydrogen) atoms. The molecule has 5 nitrogen and oxygen atoms in total. The van der Waals surface area contributed by atoms with Crippen LogP contribution in [0.3, 0.4) is 0 Å². The Balaban J connectivity index is 0. The van der Waals surface area contributed by atoms with Crippen molar-refractivity contribution in [2.45, 2.75) is 79.4 Å². The third-order valence-electron chi connectivity index (χ3n) is 1.97. The van der Waals surface area contributed by atoms with Gasteiger partial charge < -0.3 is 14.8 Å². The summed E-state index contributed by atoms with van der Waals surface area (Å²) < 4.78 is 5.04. The lowest BCUT2D eigenvalue weighted by atomic mass is 10.1. The molecule has 0 spiro atoms. The van der Waals surface area contributed by atoms with Gasteiger partial charge in [0.05, 0.1) is 6.04 Å². The van der Waals surface area contributed by atoms with E-state index in [0.29, 0.717) is 6.42 Å². The van der Waals surface area contributed by atoms with Crippen LogP contribution in [0.4, 0.5) is 4.79 Å². The van der Waals surface area contributed by atoms with Gasteiger partial charge in [-0.1, -0.05) is 20.3 Å². The highest BCUT2D eigenvalue weighted by Crippen LogP contribution is 2.08. The van der Waals surface area contributed by atoms with E-state index in [9.17, 15) is 14.4 Å². The number of carbonyl (C=O) groups excluding carboxylic acids is 3. The van der Waals surface area contributed by atoms with Gasteiger partial charge in [0.1, 0.15) is 11.4 Å². The van der Waals surface area contributed by atoms with Crippen molar-refractivity contribution in [1.29, 1.82) is 0 Å². The first-order valence-electron chi connectivity index (χ1n) is 7.02. The van der Waals surface area contributed by atoms with Crippen LogP contribution in [0.5, 0.6) is 0 Å². The second-order valence-electron chi connectivity index (χ2n) is 5.76. The minimum Gasteiger partial charge on any atom is -0.444 e. The number of alkyl carbamates (subject to hydrolysis) is 1.